The third kappa shape index (κ3) is 2.25. The van der Waals surface area contributed by atoms with Gasteiger partial charge in [0.1, 0.15) is 0 Å². The predicted octanol–water partition coefficient (Wildman–Crippen LogP) is 0.995. The third-order valence-electron chi connectivity index (χ3n) is 3.27. The molecule has 0 spiro atoms. The van der Waals surface area contributed by atoms with Gasteiger partial charge in [0.05, 0.1) is 0 Å². The average molecular weight is 201 g/mol. The number of carbonyl (C=O) groups is 1. The van der Waals surface area contributed by atoms with Crippen LogP contribution in [0.15, 0.2) is 0 Å². The zero-order valence-corrected chi connectivity index (χ0v) is 8.66. The number of nitrogens with two attached hydrogens (primary N) is 1. The highest BCUT2D eigenvalue weighted by Gasteiger charge is 2.41. The average Bonchev–Trinajstić information content (AvgIpc) is 2.19. The van der Waals surface area contributed by atoms with Crippen molar-refractivity contribution in [2.75, 3.05) is 13.7 Å². The summed E-state index contributed by atoms with van der Waals surface area (Å²) in [5.74, 6) is -0.242. The highest BCUT2D eigenvalue weighted by molar-refractivity contribution is 5.77. The van der Waals surface area contributed by atoms with Gasteiger partial charge in [-0.3, -0.25) is 0 Å². The molecule has 0 aromatic carbocycles. The first-order chi connectivity index (χ1) is 6.64. The second kappa shape index (κ2) is 4.75. The molecule has 1 rings (SSSR count). The number of rotatable bonds is 4. The second-order valence-corrected chi connectivity index (χ2v) is 4.02. The molecule has 0 atom stereocenters. The Kier molecular flexibility index (Phi) is 3.89. The van der Waals surface area contributed by atoms with E-state index >= 15 is 0 Å². The van der Waals surface area contributed by atoms with Crippen molar-refractivity contribution >= 4 is 5.97 Å². The van der Waals surface area contributed by atoms with Crippen LogP contribution in [0.2, 0.25) is 0 Å². The molecular formula is C10H19NO3. The van der Waals surface area contributed by atoms with Crippen molar-refractivity contribution in [3.05, 3.63) is 0 Å². The van der Waals surface area contributed by atoms with Gasteiger partial charge in [-0.25, -0.2) is 4.79 Å². The Hall–Kier alpha value is -0.610. The fourth-order valence-electron chi connectivity index (χ4n) is 2.17. The van der Waals surface area contributed by atoms with Crippen molar-refractivity contribution in [2.24, 2.45) is 11.7 Å². The molecule has 0 aromatic rings. The van der Waals surface area contributed by atoms with Crippen LogP contribution in [0.4, 0.5) is 0 Å². The zero-order chi connectivity index (χ0) is 10.6. The van der Waals surface area contributed by atoms with E-state index in [1.165, 1.54) is 7.11 Å². The molecule has 1 aliphatic carbocycles. The van der Waals surface area contributed by atoms with E-state index in [2.05, 4.69) is 0 Å². The molecule has 0 bridgehead atoms. The molecule has 0 aromatic heterocycles. The lowest BCUT2D eigenvalue weighted by Gasteiger charge is -2.35. The normalized spacial score (nSPS) is 32.9. The second-order valence-electron chi connectivity index (χ2n) is 4.02. The highest BCUT2D eigenvalue weighted by atomic mass is 16.5. The summed E-state index contributed by atoms with van der Waals surface area (Å²) in [6, 6.07) is 0. The molecule has 1 aliphatic rings. The summed E-state index contributed by atoms with van der Waals surface area (Å²) in [6.45, 7) is 0.692. The number of carboxylic acid groups (broad SMARTS) is 1. The van der Waals surface area contributed by atoms with Crippen LogP contribution in [0.1, 0.15) is 32.1 Å². The summed E-state index contributed by atoms with van der Waals surface area (Å²) in [7, 11) is 1.48. The minimum absolute atomic E-state index is 0.586. The van der Waals surface area contributed by atoms with Crippen molar-refractivity contribution < 1.29 is 14.6 Å². The third-order valence-corrected chi connectivity index (χ3v) is 3.27. The van der Waals surface area contributed by atoms with Crippen molar-refractivity contribution in [1.29, 1.82) is 0 Å². The Morgan fingerprint density at radius 1 is 1.57 bits per heavy atom. The van der Waals surface area contributed by atoms with E-state index in [0.717, 1.165) is 19.3 Å². The molecule has 3 N–H and O–H groups in total. The molecule has 1 fully saturated rings. The number of hydrogen-bond acceptors (Lipinski definition) is 3. The summed E-state index contributed by atoms with van der Waals surface area (Å²) in [5, 5.41) is 9.06. The summed E-state index contributed by atoms with van der Waals surface area (Å²) < 4.78 is 5.14. The summed E-state index contributed by atoms with van der Waals surface area (Å²) in [5.41, 5.74) is 4.55. The Labute approximate surface area is 84.4 Å². The first kappa shape index (κ1) is 11.5. The van der Waals surface area contributed by atoms with Gasteiger partial charge in [0, 0.05) is 7.11 Å². The summed E-state index contributed by atoms with van der Waals surface area (Å²) in [4.78, 5) is 11.0. The summed E-state index contributed by atoms with van der Waals surface area (Å²) in [6.07, 6.45) is 4.06. The molecule has 0 unspecified atom stereocenters. The van der Waals surface area contributed by atoms with Crippen molar-refractivity contribution in [3.8, 4) is 0 Å². The SMILES string of the molecule is COC1(C(=O)O)CCC(CCN)CC1. The van der Waals surface area contributed by atoms with Gasteiger partial charge in [0.2, 0.25) is 0 Å². The Morgan fingerprint density at radius 2 is 2.14 bits per heavy atom. The molecule has 0 aliphatic heterocycles. The number of aliphatic carboxylic acids is 1. The standard InChI is InChI=1S/C10H19NO3/c1-14-10(9(12)13)5-2-8(3-6-10)4-7-11/h8H,2-7,11H2,1H3,(H,12,13). The molecule has 1 saturated carbocycles. The van der Waals surface area contributed by atoms with E-state index in [-0.39, 0.29) is 0 Å². The largest absolute Gasteiger partial charge is 0.479 e. The lowest BCUT2D eigenvalue weighted by molar-refractivity contribution is -0.167. The maximum Gasteiger partial charge on any atom is 0.335 e. The van der Waals surface area contributed by atoms with E-state index in [0.29, 0.717) is 25.3 Å². The van der Waals surface area contributed by atoms with Crippen LogP contribution in [0.5, 0.6) is 0 Å². The molecule has 0 heterocycles. The van der Waals surface area contributed by atoms with Crippen LogP contribution in [0.3, 0.4) is 0 Å². The molecular weight excluding hydrogens is 182 g/mol. The maximum atomic E-state index is 11.0. The van der Waals surface area contributed by atoms with Crippen LogP contribution in [0.25, 0.3) is 0 Å². The smallest absolute Gasteiger partial charge is 0.335 e. The Bertz CT molecular complexity index is 198. The Balaban J connectivity index is 2.50. The van der Waals surface area contributed by atoms with Crippen LogP contribution in [-0.2, 0) is 9.53 Å². The van der Waals surface area contributed by atoms with E-state index in [4.69, 9.17) is 15.6 Å². The van der Waals surface area contributed by atoms with E-state index in [1.807, 2.05) is 0 Å². The van der Waals surface area contributed by atoms with Crippen LogP contribution in [-0.4, -0.2) is 30.3 Å². The molecule has 0 radical (unpaired) electrons. The highest BCUT2D eigenvalue weighted by Crippen LogP contribution is 2.35. The topological polar surface area (TPSA) is 72.5 Å². The summed E-state index contributed by atoms with van der Waals surface area (Å²) >= 11 is 0. The van der Waals surface area contributed by atoms with Crippen molar-refractivity contribution in [2.45, 2.75) is 37.7 Å². The van der Waals surface area contributed by atoms with Gasteiger partial charge in [-0.05, 0) is 44.6 Å². The van der Waals surface area contributed by atoms with Crippen LogP contribution < -0.4 is 5.73 Å². The molecule has 4 heteroatoms. The molecule has 82 valence electrons. The van der Waals surface area contributed by atoms with E-state index in [1.54, 1.807) is 0 Å². The number of methoxy groups -OCH3 is 1. The van der Waals surface area contributed by atoms with Crippen LogP contribution >= 0.6 is 0 Å². The number of carboxylic acids is 1. The number of hydrogen-bond donors (Lipinski definition) is 2. The lowest BCUT2D eigenvalue weighted by atomic mass is 9.77. The van der Waals surface area contributed by atoms with Crippen LogP contribution in [0, 0.1) is 5.92 Å². The monoisotopic (exact) mass is 201 g/mol. The van der Waals surface area contributed by atoms with Gasteiger partial charge in [-0.15, -0.1) is 0 Å². The zero-order valence-electron chi connectivity index (χ0n) is 8.66. The lowest BCUT2D eigenvalue weighted by Crippen LogP contribution is -2.44. The van der Waals surface area contributed by atoms with Gasteiger partial charge >= 0.3 is 5.97 Å². The van der Waals surface area contributed by atoms with Gasteiger partial charge in [-0.1, -0.05) is 0 Å². The number of ether oxygens (including phenoxy) is 1. The fourth-order valence-corrected chi connectivity index (χ4v) is 2.17. The quantitative estimate of drug-likeness (QED) is 0.711. The van der Waals surface area contributed by atoms with Gasteiger partial charge < -0.3 is 15.6 Å². The maximum absolute atomic E-state index is 11.0. The van der Waals surface area contributed by atoms with E-state index < -0.39 is 11.6 Å². The van der Waals surface area contributed by atoms with Crippen molar-refractivity contribution in [1.82, 2.24) is 0 Å². The van der Waals surface area contributed by atoms with E-state index in [9.17, 15) is 4.79 Å². The Morgan fingerprint density at radius 3 is 2.50 bits per heavy atom. The molecule has 0 amide bonds. The first-order valence-corrected chi connectivity index (χ1v) is 5.13. The predicted molar refractivity (Wildman–Crippen MR) is 53.0 cm³/mol. The molecule has 14 heavy (non-hydrogen) atoms. The van der Waals surface area contributed by atoms with Gasteiger partial charge in [-0.2, -0.15) is 0 Å². The van der Waals surface area contributed by atoms with Gasteiger partial charge in [0.25, 0.3) is 0 Å². The minimum atomic E-state index is -0.925. The molecule has 4 nitrogen and oxygen atoms in total. The molecule has 0 saturated heterocycles. The minimum Gasteiger partial charge on any atom is -0.479 e. The van der Waals surface area contributed by atoms with Gasteiger partial charge in [0.15, 0.2) is 5.60 Å². The first-order valence-electron chi connectivity index (χ1n) is 5.13. The fraction of sp³-hybridized carbons (Fsp3) is 0.900. The van der Waals surface area contributed by atoms with Crippen molar-refractivity contribution in [3.63, 3.8) is 0 Å².